The molecule has 1 saturated carbocycles. The van der Waals surface area contributed by atoms with E-state index in [2.05, 4.69) is 10.3 Å². The SMILES string of the molecule is Cn1c(NC[C@H](N)CC2CCCCC2)nc(-c2ccncc2)c(N2Cc3ccccc3C2=O)c1=O. The maximum atomic E-state index is 13.7. The maximum Gasteiger partial charge on any atom is 0.279 e. The number of aromatic nitrogens is 3. The number of carbonyl (C=O) groups excluding carboxylic acids is 1. The monoisotopic (exact) mass is 472 g/mol. The van der Waals surface area contributed by atoms with Crippen LogP contribution in [0.1, 0.15) is 54.4 Å². The Labute approximate surface area is 205 Å². The molecule has 8 heteroatoms. The standard InChI is InChI=1S/C27H32N6O2/c1-32-26(35)24(33-17-20-9-5-6-10-22(20)25(33)34)23(19-11-13-29-14-12-19)31-27(32)30-16-21(28)15-18-7-3-2-4-8-18/h5-6,9-14,18,21H,2-4,7-8,15-17,28H2,1H3,(H,30,31)/t21-/m1/s1. The van der Waals surface area contributed by atoms with Crippen molar-refractivity contribution in [2.24, 2.45) is 18.7 Å². The van der Waals surface area contributed by atoms with Crippen LogP contribution in [0.4, 0.5) is 11.6 Å². The number of hydrogen-bond donors (Lipinski definition) is 2. The van der Waals surface area contributed by atoms with Crippen molar-refractivity contribution in [2.75, 3.05) is 16.8 Å². The zero-order valence-electron chi connectivity index (χ0n) is 20.1. The largest absolute Gasteiger partial charge is 0.354 e. The van der Waals surface area contributed by atoms with Crippen LogP contribution in [0.15, 0.2) is 53.6 Å². The van der Waals surface area contributed by atoms with Crippen LogP contribution in [-0.2, 0) is 13.6 Å². The van der Waals surface area contributed by atoms with Crippen LogP contribution >= 0.6 is 0 Å². The number of anilines is 2. The molecule has 3 heterocycles. The van der Waals surface area contributed by atoms with Crippen LogP contribution in [0.3, 0.4) is 0 Å². The highest BCUT2D eigenvalue weighted by Gasteiger charge is 2.33. The number of carbonyl (C=O) groups is 1. The lowest BCUT2D eigenvalue weighted by Crippen LogP contribution is -2.36. The molecule has 0 spiro atoms. The number of hydrogen-bond acceptors (Lipinski definition) is 6. The van der Waals surface area contributed by atoms with E-state index in [9.17, 15) is 9.59 Å². The molecular weight excluding hydrogens is 440 g/mol. The van der Waals surface area contributed by atoms with Gasteiger partial charge in [0.25, 0.3) is 11.5 Å². The summed E-state index contributed by atoms with van der Waals surface area (Å²) in [5, 5.41) is 3.31. The van der Waals surface area contributed by atoms with Crippen molar-refractivity contribution in [1.29, 1.82) is 0 Å². The molecule has 3 aromatic rings. The molecule has 3 N–H and O–H groups in total. The Morgan fingerprint density at radius 3 is 2.57 bits per heavy atom. The summed E-state index contributed by atoms with van der Waals surface area (Å²) >= 11 is 0. The first kappa shape index (κ1) is 23.2. The summed E-state index contributed by atoms with van der Waals surface area (Å²) in [6.07, 6.45) is 10.7. The number of nitrogens with zero attached hydrogens (tertiary/aromatic N) is 4. The lowest BCUT2D eigenvalue weighted by molar-refractivity contribution is 0.0996. The molecule has 2 aliphatic rings. The van der Waals surface area contributed by atoms with E-state index in [0.29, 0.717) is 36.2 Å². The second kappa shape index (κ2) is 10.00. The molecule has 1 aliphatic carbocycles. The normalized spacial score (nSPS) is 16.9. The van der Waals surface area contributed by atoms with Crippen LogP contribution in [0.5, 0.6) is 0 Å². The molecule has 0 unspecified atom stereocenters. The molecule has 0 bridgehead atoms. The first-order valence-electron chi connectivity index (χ1n) is 12.4. The van der Waals surface area contributed by atoms with Gasteiger partial charge in [-0.2, -0.15) is 0 Å². The Kier molecular flexibility index (Phi) is 6.63. The fraction of sp³-hybridized carbons (Fsp3) is 0.407. The lowest BCUT2D eigenvalue weighted by Gasteiger charge is -2.25. The van der Waals surface area contributed by atoms with Gasteiger partial charge in [0.1, 0.15) is 11.4 Å². The van der Waals surface area contributed by atoms with E-state index in [1.165, 1.54) is 41.6 Å². The fourth-order valence-corrected chi connectivity index (χ4v) is 5.29. The van der Waals surface area contributed by atoms with Gasteiger partial charge >= 0.3 is 0 Å². The Balaban J connectivity index is 1.46. The van der Waals surface area contributed by atoms with Crippen LogP contribution in [-0.4, -0.2) is 33.0 Å². The van der Waals surface area contributed by atoms with Gasteiger partial charge in [0, 0.05) is 43.2 Å². The number of pyridine rings is 1. The second-order valence-corrected chi connectivity index (χ2v) is 9.66. The molecular formula is C27H32N6O2. The number of amides is 1. The van der Waals surface area contributed by atoms with Crippen molar-refractivity contribution >= 4 is 17.5 Å². The van der Waals surface area contributed by atoms with E-state index in [0.717, 1.165) is 17.5 Å². The van der Waals surface area contributed by atoms with Gasteiger partial charge in [0.2, 0.25) is 5.95 Å². The number of nitrogens with one attached hydrogen (secondary N) is 1. The van der Waals surface area contributed by atoms with Crippen molar-refractivity contribution in [1.82, 2.24) is 14.5 Å². The highest BCUT2D eigenvalue weighted by Crippen LogP contribution is 2.33. The van der Waals surface area contributed by atoms with Crippen LogP contribution in [0, 0.1) is 5.92 Å². The first-order valence-corrected chi connectivity index (χ1v) is 12.4. The minimum Gasteiger partial charge on any atom is -0.354 e. The molecule has 1 fully saturated rings. The predicted molar refractivity (Wildman–Crippen MR) is 137 cm³/mol. The number of nitrogens with two attached hydrogens (primary N) is 1. The van der Waals surface area contributed by atoms with Gasteiger partial charge in [0.05, 0.1) is 6.54 Å². The number of benzene rings is 1. The molecule has 1 aromatic carbocycles. The average Bonchev–Trinajstić information content (AvgIpc) is 3.22. The highest BCUT2D eigenvalue weighted by atomic mass is 16.2. The van der Waals surface area contributed by atoms with Gasteiger partial charge in [0.15, 0.2) is 0 Å². The maximum absolute atomic E-state index is 13.7. The summed E-state index contributed by atoms with van der Waals surface area (Å²) < 4.78 is 1.48. The van der Waals surface area contributed by atoms with Crippen LogP contribution in [0.25, 0.3) is 11.3 Å². The quantitative estimate of drug-likeness (QED) is 0.543. The minimum atomic E-state index is -0.281. The molecule has 1 atom stereocenters. The first-order chi connectivity index (χ1) is 17.0. The highest BCUT2D eigenvalue weighted by molar-refractivity contribution is 6.11. The molecule has 1 aliphatic heterocycles. The summed E-state index contributed by atoms with van der Waals surface area (Å²) in [4.78, 5) is 37.4. The summed E-state index contributed by atoms with van der Waals surface area (Å²) in [5.74, 6) is 0.925. The zero-order valence-corrected chi connectivity index (χ0v) is 20.1. The third-order valence-electron chi connectivity index (χ3n) is 7.20. The second-order valence-electron chi connectivity index (χ2n) is 9.66. The van der Waals surface area contributed by atoms with E-state index in [-0.39, 0.29) is 23.2 Å². The van der Waals surface area contributed by atoms with Gasteiger partial charge in [-0.1, -0.05) is 50.3 Å². The van der Waals surface area contributed by atoms with Gasteiger partial charge in [-0.3, -0.25) is 24.0 Å². The minimum absolute atomic E-state index is 0.0197. The van der Waals surface area contributed by atoms with E-state index in [1.807, 2.05) is 18.2 Å². The topological polar surface area (TPSA) is 106 Å². The summed E-state index contributed by atoms with van der Waals surface area (Å²) in [6.45, 7) is 0.864. The summed E-state index contributed by atoms with van der Waals surface area (Å²) in [5.41, 5.74) is 9.14. The molecule has 5 rings (SSSR count). The summed E-state index contributed by atoms with van der Waals surface area (Å²) in [6, 6.07) is 11.0. The third kappa shape index (κ3) is 4.71. The molecule has 0 radical (unpaired) electrons. The predicted octanol–water partition coefficient (Wildman–Crippen LogP) is 3.71. The summed E-state index contributed by atoms with van der Waals surface area (Å²) in [7, 11) is 1.68. The van der Waals surface area contributed by atoms with E-state index in [4.69, 9.17) is 10.7 Å². The van der Waals surface area contributed by atoms with Crippen molar-refractivity contribution < 1.29 is 4.79 Å². The third-order valence-corrected chi connectivity index (χ3v) is 7.20. The van der Waals surface area contributed by atoms with E-state index < -0.39 is 0 Å². The van der Waals surface area contributed by atoms with Gasteiger partial charge in [-0.15, -0.1) is 0 Å². The lowest BCUT2D eigenvalue weighted by atomic mass is 9.85. The van der Waals surface area contributed by atoms with E-state index >= 15 is 0 Å². The van der Waals surface area contributed by atoms with Gasteiger partial charge in [-0.25, -0.2) is 4.98 Å². The Bertz CT molecular complexity index is 1270. The molecule has 8 nitrogen and oxygen atoms in total. The molecule has 0 saturated heterocycles. The van der Waals surface area contributed by atoms with Gasteiger partial charge < -0.3 is 11.1 Å². The average molecular weight is 473 g/mol. The Morgan fingerprint density at radius 1 is 1.09 bits per heavy atom. The molecule has 2 aromatic heterocycles. The zero-order chi connectivity index (χ0) is 24.4. The van der Waals surface area contributed by atoms with Gasteiger partial charge in [-0.05, 0) is 36.1 Å². The van der Waals surface area contributed by atoms with Crippen molar-refractivity contribution in [3.05, 3.63) is 70.3 Å². The molecule has 182 valence electrons. The van der Waals surface area contributed by atoms with Crippen molar-refractivity contribution in [3.63, 3.8) is 0 Å². The fourth-order valence-electron chi connectivity index (χ4n) is 5.29. The molecule has 35 heavy (non-hydrogen) atoms. The van der Waals surface area contributed by atoms with Crippen LogP contribution in [0.2, 0.25) is 0 Å². The van der Waals surface area contributed by atoms with Crippen LogP contribution < -0.4 is 21.5 Å². The Hall–Kier alpha value is -3.52. The number of fused-ring (bicyclic) bond motifs is 1. The van der Waals surface area contributed by atoms with Crippen molar-refractivity contribution in [3.8, 4) is 11.3 Å². The molecule has 1 amide bonds. The Morgan fingerprint density at radius 2 is 1.83 bits per heavy atom. The van der Waals surface area contributed by atoms with E-state index in [1.54, 1.807) is 37.6 Å². The number of rotatable bonds is 7. The van der Waals surface area contributed by atoms with Crippen molar-refractivity contribution in [2.45, 2.75) is 51.1 Å². The smallest absolute Gasteiger partial charge is 0.279 e.